The number of anilines is 2. The average Bonchev–Trinajstić information content (AvgIpc) is 3.05. The van der Waals surface area contributed by atoms with Gasteiger partial charge >= 0.3 is 5.97 Å². The molecule has 0 aliphatic heterocycles. The van der Waals surface area contributed by atoms with Gasteiger partial charge in [-0.05, 0) is 31.2 Å². The molecule has 0 spiro atoms. The highest BCUT2D eigenvalue weighted by atomic mass is 32.1. The van der Waals surface area contributed by atoms with Gasteiger partial charge in [-0.1, -0.05) is 30.3 Å². The maximum atomic E-state index is 11.6. The molecule has 116 valence electrons. The Morgan fingerprint density at radius 1 is 1.13 bits per heavy atom. The fourth-order valence-corrected chi connectivity index (χ4v) is 2.85. The van der Waals surface area contributed by atoms with Crippen LogP contribution < -0.4 is 5.32 Å². The lowest BCUT2D eigenvalue weighted by Gasteiger charge is -2.05. The molecule has 3 aromatic rings. The molecule has 0 saturated carbocycles. The summed E-state index contributed by atoms with van der Waals surface area (Å²) in [6.07, 6.45) is 0. The molecule has 0 atom stereocenters. The number of thiazole rings is 1. The Hall–Kier alpha value is -2.66. The summed E-state index contributed by atoms with van der Waals surface area (Å²) in [5.41, 5.74) is 2.52. The molecule has 0 unspecified atom stereocenters. The van der Waals surface area contributed by atoms with Crippen molar-refractivity contribution < 1.29 is 9.53 Å². The van der Waals surface area contributed by atoms with E-state index in [1.807, 2.05) is 47.8 Å². The van der Waals surface area contributed by atoms with Crippen LogP contribution in [0.5, 0.6) is 0 Å². The van der Waals surface area contributed by atoms with E-state index in [1.165, 1.54) is 0 Å². The van der Waals surface area contributed by atoms with Crippen molar-refractivity contribution in [3.63, 3.8) is 0 Å². The predicted molar refractivity (Wildman–Crippen MR) is 93.2 cm³/mol. The Labute approximate surface area is 138 Å². The lowest BCUT2D eigenvalue weighted by molar-refractivity contribution is 0.0526. The van der Waals surface area contributed by atoms with Crippen LogP contribution in [-0.2, 0) is 4.74 Å². The largest absolute Gasteiger partial charge is 0.462 e. The standard InChI is InChI=1S/C18H16N2O2S/c1-2-22-18(21)14-8-10-15(11-9-14)19-16-12-23-17(20-16)13-6-4-3-5-7-13/h3-12,19H,2H2,1H3. The van der Waals surface area contributed by atoms with E-state index < -0.39 is 0 Å². The Kier molecular flexibility index (Phi) is 4.68. The number of nitrogens with one attached hydrogen (secondary N) is 1. The summed E-state index contributed by atoms with van der Waals surface area (Å²) >= 11 is 1.59. The van der Waals surface area contributed by atoms with Gasteiger partial charge in [0.05, 0.1) is 12.2 Å². The molecule has 1 heterocycles. The van der Waals surface area contributed by atoms with Gasteiger partial charge in [0.2, 0.25) is 0 Å². The van der Waals surface area contributed by atoms with Crippen LogP contribution in [0.2, 0.25) is 0 Å². The number of carbonyl (C=O) groups excluding carboxylic acids is 1. The number of nitrogens with zero attached hydrogens (tertiary/aromatic N) is 1. The monoisotopic (exact) mass is 324 g/mol. The van der Waals surface area contributed by atoms with E-state index in [4.69, 9.17) is 4.74 Å². The van der Waals surface area contributed by atoms with Crippen LogP contribution in [0, 0.1) is 0 Å². The van der Waals surface area contributed by atoms with E-state index in [0.29, 0.717) is 12.2 Å². The molecule has 5 heteroatoms. The minimum absolute atomic E-state index is 0.306. The first-order chi connectivity index (χ1) is 11.3. The molecular weight excluding hydrogens is 308 g/mol. The Bertz CT molecular complexity index is 782. The summed E-state index contributed by atoms with van der Waals surface area (Å²) in [4.78, 5) is 16.2. The zero-order chi connectivity index (χ0) is 16.1. The maximum Gasteiger partial charge on any atom is 0.338 e. The van der Waals surface area contributed by atoms with Gasteiger partial charge in [0, 0.05) is 16.6 Å². The van der Waals surface area contributed by atoms with Gasteiger partial charge < -0.3 is 10.1 Å². The van der Waals surface area contributed by atoms with Crippen molar-refractivity contribution in [1.29, 1.82) is 0 Å². The van der Waals surface area contributed by atoms with Gasteiger partial charge in [-0.2, -0.15) is 0 Å². The second-order valence-corrected chi connectivity index (χ2v) is 5.68. The van der Waals surface area contributed by atoms with Crippen molar-refractivity contribution in [2.45, 2.75) is 6.92 Å². The number of esters is 1. The first-order valence-electron chi connectivity index (χ1n) is 7.31. The number of rotatable bonds is 5. The Balaban J connectivity index is 1.70. The number of ether oxygens (including phenoxy) is 1. The molecule has 1 N–H and O–H groups in total. The quantitative estimate of drug-likeness (QED) is 0.689. The third-order valence-corrected chi connectivity index (χ3v) is 4.08. The molecule has 23 heavy (non-hydrogen) atoms. The molecule has 0 amide bonds. The van der Waals surface area contributed by atoms with Crippen LogP contribution in [0.1, 0.15) is 17.3 Å². The van der Waals surface area contributed by atoms with Crippen molar-refractivity contribution >= 4 is 28.8 Å². The minimum Gasteiger partial charge on any atom is -0.462 e. The molecule has 0 bridgehead atoms. The van der Waals surface area contributed by atoms with Gasteiger partial charge in [0.1, 0.15) is 10.8 Å². The fraction of sp³-hybridized carbons (Fsp3) is 0.111. The Morgan fingerprint density at radius 2 is 1.87 bits per heavy atom. The summed E-state index contributed by atoms with van der Waals surface area (Å²) in [5, 5.41) is 6.18. The third-order valence-electron chi connectivity index (χ3n) is 3.19. The van der Waals surface area contributed by atoms with Crippen molar-refractivity contribution in [3.8, 4) is 10.6 Å². The maximum absolute atomic E-state index is 11.6. The van der Waals surface area contributed by atoms with E-state index in [2.05, 4.69) is 10.3 Å². The molecule has 3 rings (SSSR count). The van der Waals surface area contributed by atoms with Crippen molar-refractivity contribution in [2.75, 3.05) is 11.9 Å². The first-order valence-corrected chi connectivity index (χ1v) is 8.19. The number of hydrogen-bond acceptors (Lipinski definition) is 5. The predicted octanol–water partition coefficient (Wildman–Crippen LogP) is 4.73. The minimum atomic E-state index is -0.306. The van der Waals surface area contributed by atoms with Gasteiger partial charge in [0.25, 0.3) is 0 Å². The summed E-state index contributed by atoms with van der Waals surface area (Å²) in [6.45, 7) is 2.17. The van der Waals surface area contributed by atoms with E-state index in [0.717, 1.165) is 22.1 Å². The summed E-state index contributed by atoms with van der Waals surface area (Å²) in [5.74, 6) is 0.483. The second kappa shape index (κ2) is 7.07. The lowest BCUT2D eigenvalue weighted by atomic mass is 10.2. The molecule has 0 radical (unpaired) electrons. The van der Waals surface area contributed by atoms with Crippen LogP contribution in [-0.4, -0.2) is 17.6 Å². The van der Waals surface area contributed by atoms with Crippen LogP contribution in [0.3, 0.4) is 0 Å². The Morgan fingerprint density at radius 3 is 2.57 bits per heavy atom. The van der Waals surface area contributed by atoms with Crippen LogP contribution >= 0.6 is 11.3 Å². The molecule has 0 fully saturated rings. The number of hydrogen-bond donors (Lipinski definition) is 1. The topological polar surface area (TPSA) is 51.2 Å². The number of aromatic nitrogens is 1. The van der Waals surface area contributed by atoms with E-state index in [-0.39, 0.29) is 5.97 Å². The van der Waals surface area contributed by atoms with Gasteiger partial charge in [-0.3, -0.25) is 0 Å². The van der Waals surface area contributed by atoms with Crippen LogP contribution in [0.4, 0.5) is 11.5 Å². The van der Waals surface area contributed by atoms with Gasteiger partial charge in [-0.25, -0.2) is 9.78 Å². The highest BCUT2D eigenvalue weighted by molar-refractivity contribution is 7.13. The second-order valence-electron chi connectivity index (χ2n) is 4.83. The molecule has 1 aromatic heterocycles. The third kappa shape index (κ3) is 3.76. The number of benzene rings is 2. The molecule has 0 aliphatic carbocycles. The highest BCUT2D eigenvalue weighted by Crippen LogP contribution is 2.27. The molecular formula is C18H16N2O2S. The van der Waals surface area contributed by atoms with Crippen LogP contribution in [0.25, 0.3) is 10.6 Å². The highest BCUT2D eigenvalue weighted by Gasteiger charge is 2.07. The molecule has 0 aliphatic rings. The summed E-state index contributed by atoms with van der Waals surface area (Å²) in [7, 11) is 0. The molecule has 0 saturated heterocycles. The zero-order valence-electron chi connectivity index (χ0n) is 12.7. The van der Waals surface area contributed by atoms with Crippen LogP contribution in [0.15, 0.2) is 60.0 Å². The van der Waals surface area contributed by atoms with E-state index in [9.17, 15) is 4.79 Å². The fourth-order valence-electron chi connectivity index (χ4n) is 2.10. The average molecular weight is 324 g/mol. The van der Waals surface area contributed by atoms with E-state index >= 15 is 0 Å². The van der Waals surface area contributed by atoms with Crippen molar-refractivity contribution in [3.05, 3.63) is 65.5 Å². The van der Waals surface area contributed by atoms with Gasteiger partial charge in [-0.15, -0.1) is 11.3 Å². The molecule has 2 aromatic carbocycles. The summed E-state index contributed by atoms with van der Waals surface area (Å²) < 4.78 is 4.97. The van der Waals surface area contributed by atoms with E-state index in [1.54, 1.807) is 30.4 Å². The van der Waals surface area contributed by atoms with Gasteiger partial charge in [0.15, 0.2) is 0 Å². The zero-order valence-corrected chi connectivity index (χ0v) is 13.5. The summed E-state index contributed by atoms with van der Waals surface area (Å²) in [6, 6.07) is 17.2. The smallest absolute Gasteiger partial charge is 0.338 e. The van der Waals surface area contributed by atoms with Crippen molar-refractivity contribution in [2.24, 2.45) is 0 Å². The lowest BCUT2D eigenvalue weighted by Crippen LogP contribution is -2.04. The first kappa shape index (κ1) is 15.2. The van der Waals surface area contributed by atoms with Crippen molar-refractivity contribution in [1.82, 2.24) is 4.98 Å². The molecule has 4 nitrogen and oxygen atoms in total. The SMILES string of the molecule is CCOC(=O)c1ccc(Nc2csc(-c3ccccc3)n2)cc1. The number of carbonyl (C=O) groups is 1. The normalized spacial score (nSPS) is 10.3.